The Balaban J connectivity index is 1.45. The minimum Gasteiger partial charge on any atom is -0.304 e. The first-order valence-electron chi connectivity index (χ1n) is 12.3. The van der Waals surface area contributed by atoms with Crippen molar-refractivity contribution in [1.82, 2.24) is 34.6 Å². The summed E-state index contributed by atoms with van der Waals surface area (Å²) >= 11 is 0. The third-order valence-corrected chi connectivity index (χ3v) is 6.40. The van der Waals surface area contributed by atoms with Gasteiger partial charge in [-0.15, -0.1) is 0 Å². The summed E-state index contributed by atoms with van der Waals surface area (Å²) in [4.78, 5) is 23.8. The summed E-state index contributed by atoms with van der Waals surface area (Å²) in [5.74, 6) is 0. The molecule has 7 nitrogen and oxygen atoms in total. The lowest BCUT2D eigenvalue weighted by Crippen LogP contribution is -2.44. The van der Waals surface area contributed by atoms with Crippen LogP contribution in [-0.2, 0) is 19.6 Å². The Morgan fingerprint density at radius 3 is 1.12 bits per heavy atom. The standard InChI is InChI=1S/C27H37N7/c1-31-14-16-32(22-25-8-2-5-11-28-25)18-20-34(24-27-10-4-7-13-30-27)21-19-33(17-15-31)23-26-9-3-6-12-29-26/h2-13H,14-24H2,1H3. The Bertz CT molecular complexity index is 881. The van der Waals surface area contributed by atoms with E-state index in [-0.39, 0.29) is 0 Å². The molecule has 0 spiro atoms. The lowest BCUT2D eigenvalue weighted by atomic mass is 10.2. The minimum atomic E-state index is 0.871. The second kappa shape index (κ2) is 13.2. The van der Waals surface area contributed by atoms with E-state index in [4.69, 9.17) is 0 Å². The monoisotopic (exact) mass is 459 g/mol. The van der Waals surface area contributed by atoms with Crippen molar-refractivity contribution >= 4 is 0 Å². The number of likely N-dealkylation sites (N-methyl/N-ethyl adjacent to an activating group) is 1. The Hall–Kier alpha value is -2.71. The Labute approximate surface area is 204 Å². The van der Waals surface area contributed by atoms with E-state index >= 15 is 0 Å². The average Bonchev–Trinajstić information content (AvgIpc) is 2.88. The molecule has 1 aliphatic heterocycles. The SMILES string of the molecule is CN1CCN(Cc2ccccn2)CCN(Cc2ccccn2)CCN(Cc2ccccn2)CC1. The zero-order chi connectivity index (χ0) is 23.4. The molecule has 4 rings (SSSR count). The van der Waals surface area contributed by atoms with Crippen molar-refractivity contribution in [1.29, 1.82) is 0 Å². The molecule has 1 aliphatic rings. The highest BCUT2D eigenvalue weighted by Crippen LogP contribution is 2.08. The van der Waals surface area contributed by atoms with Crippen molar-refractivity contribution in [2.45, 2.75) is 19.6 Å². The van der Waals surface area contributed by atoms with Crippen molar-refractivity contribution in [2.75, 3.05) is 59.4 Å². The largest absolute Gasteiger partial charge is 0.304 e. The summed E-state index contributed by atoms with van der Waals surface area (Å²) in [6, 6.07) is 18.6. The summed E-state index contributed by atoms with van der Waals surface area (Å²) in [5.41, 5.74) is 3.40. The first kappa shape index (κ1) is 24.4. The van der Waals surface area contributed by atoms with Gasteiger partial charge < -0.3 is 4.90 Å². The maximum atomic E-state index is 4.59. The van der Waals surface area contributed by atoms with Crippen LogP contribution < -0.4 is 0 Å². The number of pyridine rings is 3. The maximum Gasteiger partial charge on any atom is 0.0543 e. The number of aromatic nitrogens is 3. The number of rotatable bonds is 6. The lowest BCUT2D eigenvalue weighted by Gasteiger charge is -2.33. The Morgan fingerprint density at radius 2 is 0.824 bits per heavy atom. The van der Waals surface area contributed by atoms with Gasteiger partial charge in [0.1, 0.15) is 0 Å². The van der Waals surface area contributed by atoms with Gasteiger partial charge in [-0.2, -0.15) is 0 Å². The van der Waals surface area contributed by atoms with Crippen LogP contribution in [0.5, 0.6) is 0 Å². The number of hydrogen-bond acceptors (Lipinski definition) is 7. The summed E-state index contributed by atoms with van der Waals surface area (Å²) in [7, 11) is 2.23. The van der Waals surface area contributed by atoms with Gasteiger partial charge in [0.15, 0.2) is 0 Å². The zero-order valence-electron chi connectivity index (χ0n) is 20.3. The van der Waals surface area contributed by atoms with Gasteiger partial charge in [-0.25, -0.2) is 0 Å². The predicted molar refractivity (Wildman–Crippen MR) is 136 cm³/mol. The van der Waals surface area contributed by atoms with Crippen LogP contribution in [0.25, 0.3) is 0 Å². The first-order valence-corrected chi connectivity index (χ1v) is 12.3. The second-order valence-corrected chi connectivity index (χ2v) is 9.09. The molecule has 0 aliphatic carbocycles. The molecular formula is C27H37N7. The lowest BCUT2D eigenvalue weighted by molar-refractivity contribution is 0.132. The molecule has 1 fully saturated rings. The van der Waals surface area contributed by atoms with Crippen molar-refractivity contribution in [3.63, 3.8) is 0 Å². The van der Waals surface area contributed by atoms with E-state index < -0.39 is 0 Å². The summed E-state index contributed by atoms with van der Waals surface area (Å²) in [6.45, 7) is 10.8. The van der Waals surface area contributed by atoms with E-state index in [9.17, 15) is 0 Å². The van der Waals surface area contributed by atoms with Gasteiger partial charge in [0.2, 0.25) is 0 Å². The molecule has 3 aromatic heterocycles. The van der Waals surface area contributed by atoms with E-state index in [1.54, 1.807) is 0 Å². The van der Waals surface area contributed by atoms with E-state index in [2.05, 4.69) is 78.0 Å². The van der Waals surface area contributed by atoms with Gasteiger partial charge in [0.25, 0.3) is 0 Å². The van der Waals surface area contributed by atoms with Crippen LogP contribution in [0.1, 0.15) is 17.1 Å². The van der Waals surface area contributed by atoms with Crippen LogP contribution in [0.2, 0.25) is 0 Å². The van der Waals surface area contributed by atoms with Gasteiger partial charge in [-0.3, -0.25) is 29.7 Å². The van der Waals surface area contributed by atoms with Crippen LogP contribution in [0, 0.1) is 0 Å². The highest BCUT2D eigenvalue weighted by atomic mass is 15.3. The van der Waals surface area contributed by atoms with E-state index in [0.717, 1.165) is 89.1 Å². The van der Waals surface area contributed by atoms with Gasteiger partial charge in [0, 0.05) is 90.6 Å². The molecule has 0 saturated carbocycles. The predicted octanol–water partition coefficient (Wildman–Crippen LogP) is 2.62. The van der Waals surface area contributed by atoms with Gasteiger partial charge in [-0.1, -0.05) is 18.2 Å². The van der Waals surface area contributed by atoms with Crippen molar-refractivity contribution < 1.29 is 0 Å². The average molecular weight is 460 g/mol. The number of hydrogen-bond donors (Lipinski definition) is 0. The van der Waals surface area contributed by atoms with E-state index in [1.165, 1.54) is 0 Å². The third-order valence-electron chi connectivity index (χ3n) is 6.40. The molecule has 4 heterocycles. The van der Waals surface area contributed by atoms with E-state index in [1.807, 2.05) is 36.8 Å². The van der Waals surface area contributed by atoms with Crippen LogP contribution in [0.15, 0.2) is 73.2 Å². The topological polar surface area (TPSA) is 51.6 Å². The fourth-order valence-corrected chi connectivity index (χ4v) is 4.27. The summed E-state index contributed by atoms with van der Waals surface area (Å²) < 4.78 is 0. The van der Waals surface area contributed by atoms with Gasteiger partial charge in [-0.05, 0) is 43.4 Å². The smallest absolute Gasteiger partial charge is 0.0543 e. The van der Waals surface area contributed by atoms with Crippen molar-refractivity contribution in [3.05, 3.63) is 90.3 Å². The highest BCUT2D eigenvalue weighted by Gasteiger charge is 2.17. The minimum absolute atomic E-state index is 0.871. The maximum absolute atomic E-state index is 4.59. The van der Waals surface area contributed by atoms with Crippen LogP contribution in [0.4, 0.5) is 0 Å². The normalized spacial score (nSPS) is 18.3. The molecule has 0 unspecified atom stereocenters. The van der Waals surface area contributed by atoms with Crippen LogP contribution in [0.3, 0.4) is 0 Å². The van der Waals surface area contributed by atoms with Gasteiger partial charge in [0.05, 0.1) is 17.1 Å². The van der Waals surface area contributed by atoms with E-state index in [0.29, 0.717) is 0 Å². The molecule has 1 saturated heterocycles. The fourth-order valence-electron chi connectivity index (χ4n) is 4.27. The molecule has 0 amide bonds. The van der Waals surface area contributed by atoms with Crippen molar-refractivity contribution in [3.8, 4) is 0 Å². The molecular weight excluding hydrogens is 422 g/mol. The van der Waals surface area contributed by atoms with Crippen molar-refractivity contribution in [2.24, 2.45) is 0 Å². The second-order valence-electron chi connectivity index (χ2n) is 9.09. The van der Waals surface area contributed by atoms with Gasteiger partial charge >= 0.3 is 0 Å². The molecule has 3 aromatic rings. The van der Waals surface area contributed by atoms with Crippen LogP contribution >= 0.6 is 0 Å². The molecule has 0 atom stereocenters. The molecule has 34 heavy (non-hydrogen) atoms. The molecule has 0 N–H and O–H groups in total. The molecule has 7 heteroatoms. The highest BCUT2D eigenvalue weighted by molar-refractivity contribution is 5.05. The fraction of sp³-hybridized carbons (Fsp3) is 0.444. The Kier molecular flexibility index (Phi) is 9.51. The third kappa shape index (κ3) is 8.25. The molecule has 0 aromatic carbocycles. The molecule has 0 radical (unpaired) electrons. The quantitative estimate of drug-likeness (QED) is 0.562. The zero-order valence-corrected chi connectivity index (χ0v) is 20.3. The summed E-state index contributed by atoms with van der Waals surface area (Å²) in [5, 5.41) is 0. The summed E-state index contributed by atoms with van der Waals surface area (Å²) in [6.07, 6.45) is 5.67. The molecule has 180 valence electrons. The number of nitrogens with zero attached hydrogens (tertiary/aromatic N) is 7. The first-order chi connectivity index (χ1) is 16.7. The molecule has 0 bridgehead atoms. The van der Waals surface area contributed by atoms with Crippen LogP contribution in [-0.4, -0.2) is 94.0 Å². The Morgan fingerprint density at radius 1 is 0.500 bits per heavy atom.